The van der Waals surface area contributed by atoms with Gasteiger partial charge in [0.05, 0.1) is 17.1 Å². The van der Waals surface area contributed by atoms with Gasteiger partial charge in [0.25, 0.3) is 0 Å². The molecule has 4 rings (SSSR count). The number of aryl methyl sites for hydroxylation is 1. The van der Waals surface area contributed by atoms with Crippen molar-refractivity contribution in [2.45, 2.75) is 31.9 Å². The Morgan fingerprint density at radius 1 is 1.41 bits per heavy atom. The molecule has 0 saturated carbocycles. The number of thioether (sulfide) groups is 1. The van der Waals surface area contributed by atoms with E-state index in [0.717, 1.165) is 10.6 Å². The molecule has 10 heteroatoms. The van der Waals surface area contributed by atoms with Crippen LogP contribution in [0.4, 0.5) is 10.3 Å². The molecule has 2 aliphatic heterocycles. The first-order chi connectivity index (χ1) is 12.7. The molecule has 0 aliphatic carbocycles. The Morgan fingerprint density at radius 3 is 2.85 bits per heavy atom. The zero-order valence-corrected chi connectivity index (χ0v) is 16.9. The summed E-state index contributed by atoms with van der Waals surface area (Å²) in [7, 11) is 0. The van der Waals surface area contributed by atoms with Gasteiger partial charge in [0.15, 0.2) is 11.0 Å². The van der Waals surface area contributed by atoms with Crippen LogP contribution in [0.2, 0.25) is 0 Å². The third-order valence-electron chi connectivity index (χ3n) is 5.02. The third-order valence-corrected chi connectivity index (χ3v) is 6.89. The molecular formula is C17H21FN6OS2. The number of nitrogens with two attached hydrogens (primary N) is 1. The molecule has 2 aliphatic rings. The van der Waals surface area contributed by atoms with Gasteiger partial charge in [-0.15, -0.1) is 0 Å². The maximum absolute atomic E-state index is 14.5. The number of halogens is 1. The molecule has 0 spiro atoms. The van der Waals surface area contributed by atoms with Crippen LogP contribution in [0.1, 0.15) is 30.1 Å². The van der Waals surface area contributed by atoms with E-state index in [-0.39, 0.29) is 17.3 Å². The summed E-state index contributed by atoms with van der Waals surface area (Å²) in [6, 6.07) is 1.98. The first-order valence-electron chi connectivity index (χ1n) is 8.62. The molecule has 1 fully saturated rings. The predicted octanol–water partition coefficient (Wildman–Crippen LogP) is 2.00. The van der Waals surface area contributed by atoms with Gasteiger partial charge in [-0.3, -0.25) is 0 Å². The van der Waals surface area contributed by atoms with Crippen molar-refractivity contribution in [3.63, 3.8) is 0 Å². The average Bonchev–Trinajstić information content (AvgIpc) is 3.23. The smallest absolute Gasteiger partial charge is 0.226 e. The fraction of sp³-hybridized carbons (Fsp3) is 0.529. The van der Waals surface area contributed by atoms with E-state index in [1.165, 1.54) is 25.4 Å². The molecular weight excluding hydrogens is 387 g/mol. The number of aliphatic hydroxyl groups is 1. The summed E-state index contributed by atoms with van der Waals surface area (Å²) < 4.78 is 18.7. The van der Waals surface area contributed by atoms with Gasteiger partial charge in [-0.05, 0) is 38.4 Å². The summed E-state index contributed by atoms with van der Waals surface area (Å²) >= 11 is 2.96. The Hall–Kier alpha value is -1.78. The van der Waals surface area contributed by atoms with Crippen LogP contribution in [0.3, 0.4) is 0 Å². The second kappa shape index (κ2) is 6.39. The minimum atomic E-state index is -1.40. The first kappa shape index (κ1) is 18.6. The van der Waals surface area contributed by atoms with Gasteiger partial charge in [0.1, 0.15) is 16.8 Å². The van der Waals surface area contributed by atoms with Crippen molar-refractivity contribution >= 4 is 34.4 Å². The maximum Gasteiger partial charge on any atom is 0.226 e. The standard InChI is InChI=1S/C17H21FN6OS2/c1-9-12(18)13(16(2,3)25)22-15(21-9)24-6-10-7-26-14(19)23-17(10,8-24)11-4-5-20-27-11/h4-5,10,25H,6-8H2,1-3H3,(H2,19,23). The zero-order chi connectivity index (χ0) is 19.4. The SMILES string of the molecule is Cc1nc(N2CC3CSC(N)=NC3(c3ccns3)C2)nc(C(C)(C)O)c1F. The molecule has 4 heterocycles. The second-order valence-electron chi connectivity index (χ2n) is 7.47. The Kier molecular flexibility index (Phi) is 4.39. The minimum Gasteiger partial charge on any atom is -0.384 e. The molecule has 1 saturated heterocycles. The van der Waals surface area contributed by atoms with Gasteiger partial charge in [-0.1, -0.05) is 11.8 Å². The van der Waals surface area contributed by atoms with Crippen molar-refractivity contribution in [3.05, 3.63) is 34.3 Å². The molecule has 144 valence electrons. The Morgan fingerprint density at radius 2 is 2.19 bits per heavy atom. The van der Waals surface area contributed by atoms with E-state index in [9.17, 15) is 9.50 Å². The highest BCUT2D eigenvalue weighted by Crippen LogP contribution is 2.47. The van der Waals surface area contributed by atoms with Crippen molar-refractivity contribution in [3.8, 4) is 0 Å². The van der Waals surface area contributed by atoms with Crippen molar-refractivity contribution in [1.82, 2.24) is 14.3 Å². The largest absolute Gasteiger partial charge is 0.384 e. The van der Waals surface area contributed by atoms with E-state index < -0.39 is 17.0 Å². The summed E-state index contributed by atoms with van der Waals surface area (Å²) in [5.41, 5.74) is 4.39. The number of amidine groups is 1. The molecule has 27 heavy (non-hydrogen) atoms. The molecule has 2 unspecified atom stereocenters. The van der Waals surface area contributed by atoms with Gasteiger partial charge < -0.3 is 15.7 Å². The lowest BCUT2D eigenvalue weighted by Crippen LogP contribution is -2.39. The topological polar surface area (TPSA) is 101 Å². The normalized spacial score (nSPS) is 25.4. The zero-order valence-electron chi connectivity index (χ0n) is 15.3. The van der Waals surface area contributed by atoms with E-state index in [1.807, 2.05) is 11.0 Å². The van der Waals surface area contributed by atoms with Crippen molar-refractivity contribution in [2.24, 2.45) is 16.6 Å². The Bertz CT molecular complexity index is 898. The number of fused-ring (bicyclic) bond motifs is 1. The lowest BCUT2D eigenvalue weighted by Gasteiger charge is -2.32. The van der Waals surface area contributed by atoms with Gasteiger partial charge in [-0.25, -0.2) is 23.7 Å². The highest BCUT2D eigenvalue weighted by atomic mass is 32.2. The quantitative estimate of drug-likeness (QED) is 0.801. The minimum absolute atomic E-state index is 0.00380. The van der Waals surface area contributed by atoms with E-state index >= 15 is 0 Å². The monoisotopic (exact) mass is 408 g/mol. The lowest BCUT2D eigenvalue weighted by atomic mass is 9.87. The number of anilines is 1. The van der Waals surface area contributed by atoms with E-state index in [2.05, 4.69) is 14.3 Å². The summed E-state index contributed by atoms with van der Waals surface area (Å²) in [6.45, 7) is 5.84. The third kappa shape index (κ3) is 3.09. The molecule has 2 atom stereocenters. The molecule has 0 bridgehead atoms. The Labute approximate surface area is 165 Å². The summed E-state index contributed by atoms with van der Waals surface area (Å²) in [6.07, 6.45) is 1.77. The van der Waals surface area contributed by atoms with Gasteiger partial charge in [0.2, 0.25) is 5.95 Å². The van der Waals surface area contributed by atoms with Crippen LogP contribution >= 0.6 is 23.3 Å². The van der Waals surface area contributed by atoms with Crippen molar-refractivity contribution < 1.29 is 9.50 Å². The van der Waals surface area contributed by atoms with Crippen LogP contribution in [0.15, 0.2) is 17.3 Å². The van der Waals surface area contributed by atoms with Crippen LogP contribution in [0, 0.1) is 18.7 Å². The summed E-state index contributed by atoms with van der Waals surface area (Å²) in [5, 5.41) is 10.9. The molecule has 0 aromatic carbocycles. The van der Waals surface area contributed by atoms with E-state index in [1.54, 1.807) is 24.9 Å². The fourth-order valence-corrected chi connectivity index (χ4v) is 5.42. The molecule has 2 aromatic rings. The molecule has 0 radical (unpaired) electrons. The molecule has 0 amide bonds. The van der Waals surface area contributed by atoms with Crippen LogP contribution in [0.5, 0.6) is 0 Å². The fourth-order valence-electron chi connectivity index (χ4n) is 3.65. The second-order valence-corrected chi connectivity index (χ2v) is 9.34. The number of hydrogen-bond donors (Lipinski definition) is 2. The van der Waals surface area contributed by atoms with Crippen molar-refractivity contribution in [1.29, 1.82) is 0 Å². The van der Waals surface area contributed by atoms with Crippen LogP contribution < -0.4 is 10.6 Å². The van der Waals surface area contributed by atoms with Crippen LogP contribution in [0.25, 0.3) is 0 Å². The number of hydrogen-bond acceptors (Lipinski definition) is 9. The van der Waals surface area contributed by atoms with Crippen molar-refractivity contribution in [2.75, 3.05) is 23.7 Å². The van der Waals surface area contributed by atoms with E-state index in [4.69, 9.17) is 10.7 Å². The molecule has 2 aromatic heterocycles. The number of rotatable bonds is 3. The summed E-state index contributed by atoms with van der Waals surface area (Å²) in [4.78, 5) is 16.6. The van der Waals surface area contributed by atoms with Gasteiger partial charge >= 0.3 is 0 Å². The van der Waals surface area contributed by atoms with Crippen LogP contribution in [-0.4, -0.2) is 43.5 Å². The predicted molar refractivity (Wildman–Crippen MR) is 106 cm³/mol. The molecule has 3 N–H and O–H groups in total. The molecule has 7 nitrogen and oxygen atoms in total. The number of aliphatic imine (C=N–C) groups is 1. The lowest BCUT2D eigenvalue weighted by molar-refractivity contribution is 0.0691. The number of aromatic nitrogens is 3. The highest BCUT2D eigenvalue weighted by Gasteiger charge is 2.52. The van der Waals surface area contributed by atoms with Crippen LogP contribution in [-0.2, 0) is 11.1 Å². The average molecular weight is 409 g/mol. The van der Waals surface area contributed by atoms with Gasteiger partial charge in [0, 0.05) is 24.4 Å². The number of nitrogens with zero attached hydrogens (tertiary/aromatic N) is 5. The summed E-state index contributed by atoms with van der Waals surface area (Å²) in [5.74, 6) is 0.887. The Balaban J connectivity index is 1.77. The van der Waals surface area contributed by atoms with Gasteiger partial charge in [-0.2, -0.15) is 0 Å². The van der Waals surface area contributed by atoms with E-state index in [0.29, 0.717) is 24.2 Å². The highest BCUT2D eigenvalue weighted by molar-refractivity contribution is 8.13. The first-order valence-corrected chi connectivity index (χ1v) is 10.4. The maximum atomic E-state index is 14.5.